The summed E-state index contributed by atoms with van der Waals surface area (Å²) >= 11 is 5.29. The van der Waals surface area contributed by atoms with Crippen LogP contribution in [-0.4, -0.2) is 13.9 Å². The summed E-state index contributed by atoms with van der Waals surface area (Å²) in [6, 6.07) is 30.5. The number of fused-ring (bicyclic) bond motifs is 2. The van der Waals surface area contributed by atoms with Crippen molar-refractivity contribution in [3.63, 3.8) is 0 Å². The molecule has 4 aromatic carbocycles. The zero-order valence-electron chi connectivity index (χ0n) is 12.3. The van der Waals surface area contributed by atoms with E-state index in [-0.39, 0.29) is 0 Å². The molecule has 0 saturated carbocycles. The molecule has 0 atom stereocenters. The van der Waals surface area contributed by atoms with Gasteiger partial charge in [0.1, 0.15) is 0 Å². The molecule has 4 rings (SSSR count). The molecule has 112 valence electrons. The van der Waals surface area contributed by atoms with E-state index in [2.05, 4.69) is 110 Å². The van der Waals surface area contributed by atoms with Crippen LogP contribution < -0.4 is 7.16 Å². The van der Waals surface area contributed by atoms with Gasteiger partial charge in [-0.2, -0.15) is 0 Å². The fraction of sp³-hybridized carbons (Fsp3) is 0. The van der Waals surface area contributed by atoms with Gasteiger partial charge in [0.25, 0.3) is 0 Å². The van der Waals surface area contributed by atoms with Crippen molar-refractivity contribution in [2.24, 2.45) is 0 Å². The predicted octanol–water partition coefficient (Wildman–Crippen LogP) is 5.34. The summed E-state index contributed by atoms with van der Waals surface area (Å²) in [5.74, 6) is 0. The van der Waals surface area contributed by atoms with Gasteiger partial charge in [-0.1, -0.05) is 0 Å². The van der Waals surface area contributed by atoms with E-state index < -0.39 is 13.9 Å². The van der Waals surface area contributed by atoms with Crippen LogP contribution in [0.1, 0.15) is 0 Å². The Labute approximate surface area is 151 Å². The first kappa shape index (κ1) is 15.7. The molecule has 0 N–H and O–H groups in total. The third-order valence-electron chi connectivity index (χ3n) is 4.26. The molecule has 0 aliphatic heterocycles. The first-order valence-electron chi connectivity index (χ1n) is 7.52. The molecule has 3 heteroatoms. The van der Waals surface area contributed by atoms with E-state index in [4.69, 9.17) is 0 Å². The van der Waals surface area contributed by atoms with Gasteiger partial charge in [0.05, 0.1) is 0 Å². The average Bonchev–Trinajstić information content (AvgIpc) is 2.60. The van der Waals surface area contributed by atoms with Gasteiger partial charge in [0.2, 0.25) is 0 Å². The van der Waals surface area contributed by atoms with Gasteiger partial charge in [-0.3, -0.25) is 0 Å². The summed E-state index contributed by atoms with van der Waals surface area (Å²) in [6.45, 7) is 0. The molecular weight excluding hydrogens is 519 g/mol. The molecule has 0 amide bonds. The number of rotatable bonds is 2. The van der Waals surface area contributed by atoms with Gasteiger partial charge in [0, 0.05) is 0 Å². The van der Waals surface area contributed by atoms with Crippen LogP contribution in [0.4, 0.5) is 0 Å². The molecule has 4 aromatic rings. The van der Waals surface area contributed by atoms with Crippen LogP contribution in [0.3, 0.4) is 0 Å². The van der Waals surface area contributed by atoms with Crippen molar-refractivity contribution in [3.8, 4) is 0 Å². The minimum absolute atomic E-state index is 1.30. The van der Waals surface area contributed by atoms with E-state index >= 15 is 0 Å². The summed E-state index contributed by atoms with van der Waals surface area (Å²) < 4.78 is 2.85. The molecule has 0 saturated heterocycles. The topological polar surface area (TPSA) is 0 Å². The molecule has 0 fully saturated rings. The first-order chi connectivity index (χ1) is 11.2. The summed E-state index contributed by atoms with van der Waals surface area (Å²) in [4.78, 5) is 0. The Morgan fingerprint density at radius 1 is 0.478 bits per heavy atom. The second kappa shape index (κ2) is 6.23. The quantitative estimate of drug-likeness (QED) is 0.306. The summed E-state index contributed by atoms with van der Waals surface area (Å²) in [5, 5.41) is 5.27. The molecule has 0 aliphatic rings. The van der Waals surface area contributed by atoms with Crippen LogP contribution in [-0.2, 0) is 0 Å². The second-order valence-electron chi connectivity index (χ2n) is 5.63. The number of hydrogen-bond donors (Lipinski definition) is 0. The zero-order chi connectivity index (χ0) is 15.9. The Balaban J connectivity index is 2.02. The van der Waals surface area contributed by atoms with Gasteiger partial charge in [0.15, 0.2) is 0 Å². The number of halogens is 2. The van der Waals surface area contributed by atoms with E-state index in [0.717, 1.165) is 0 Å². The van der Waals surface area contributed by atoms with Crippen molar-refractivity contribution in [2.75, 3.05) is 0 Å². The predicted molar refractivity (Wildman–Crippen MR) is 111 cm³/mol. The fourth-order valence-electron chi connectivity index (χ4n) is 3.14. The van der Waals surface area contributed by atoms with Crippen LogP contribution in [0.5, 0.6) is 0 Å². The monoisotopic (exact) mass is 532 g/mol. The molecule has 23 heavy (non-hydrogen) atoms. The van der Waals surface area contributed by atoms with Crippen molar-refractivity contribution < 1.29 is 0 Å². The molecule has 0 heterocycles. The molecule has 0 spiro atoms. The van der Waals surface area contributed by atoms with Crippen LogP contribution in [0.15, 0.2) is 84.9 Å². The summed E-state index contributed by atoms with van der Waals surface area (Å²) in [7, 11) is 0. The first-order valence-corrected chi connectivity index (χ1v) is 23.2. The Bertz CT molecular complexity index is 916. The Morgan fingerprint density at radius 3 is 1.35 bits per heavy atom. The SMILES string of the molecule is [Br][Sn]([Br])([c]1cccc2ccccc12)[c]1cccc2ccccc12. The van der Waals surface area contributed by atoms with Crippen LogP contribution in [0, 0.1) is 0 Å². The molecular formula is C20H14Br2Sn. The maximum absolute atomic E-state index is 4.17. The number of hydrogen-bond acceptors (Lipinski definition) is 0. The van der Waals surface area contributed by atoms with Crippen molar-refractivity contribution in [3.05, 3.63) is 84.9 Å². The molecule has 0 aromatic heterocycles. The minimum atomic E-state index is -3.05. The normalized spacial score (nSPS) is 11.9. The Kier molecular flexibility index (Phi) is 4.24. The fourth-order valence-corrected chi connectivity index (χ4v) is 18.2. The van der Waals surface area contributed by atoms with Gasteiger partial charge in [-0.25, -0.2) is 0 Å². The van der Waals surface area contributed by atoms with E-state index in [9.17, 15) is 0 Å². The summed E-state index contributed by atoms with van der Waals surface area (Å²) in [5.41, 5.74) is 0. The van der Waals surface area contributed by atoms with Crippen LogP contribution in [0.2, 0.25) is 0 Å². The Hall–Kier alpha value is -0.841. The number of benzene rings is 4. The van der Waals surface area contributed by atoms with Gasteiger partial charge in [-0.15, -0.1) is 0 Å². The van der Waals surface area contributed by atoms with Crippen LogP contribution in [0.25, 0.3) is 21.5 Å². The summed E-state index contributed by atoms with van der Waals surface area (Å²) in [6.07, 6.45) is 0. The Morgan fingerprint density at radius 2 is 0.870 bits per heavy atom. The molecule has 0 aliphatic carbocycles. The van der Waals surface area contributed by atoms with E-state index in [1.807, 2.05) is 0 Å². The molecule has 0 radical (unpaired) electrons. The standard InChI is InChI=1S/2C10H7.2BrH.Sn/c2*1-2-6-10-8-4-3-7-9(10)5-1;;;/h2*1-7H;2*1H;/q;;;;+2/p-2. The third kappa shape index (κ3) is 2.75. The molecule has 0 unspecified atom stereocenters. The zero-order valence-corrected chi connectivity index (χ0v) is 18.4. The van der Waals surface area contributed by atoms with Crippen molar-refractivity contribution in [1.82, 2.24) is 0 Å². The van der Waals surface area contributed by atoms with Crippen molar-refractivity contribution >= 4 is 68.0 Å². The third-order valence-corrected chi connectivity index (χ3v) is 22.1. The van der Waals surface area contributed by atoms with Crippen molar-refractivity contribution in [2.45, 2.75) is 0 Å². The average molecular weight is 533 g/mol. The second-order valence-corrected chi connectivity index (χ2v) is 35.1. The maximum atomic E-state index is 4.17. The van der Waals surface area contributed by atoms with Gasteiger partial charge >= 0.3 is 153 Å². The van der Waals surface area contributed by atoms with Gasteiger partial charge < -0.3 is 0 Å². The molecule has 0 nitrogen and oxygen atoms in total. The van der Waals surface area contributed by atoms with E-state index in [0.29, 0.717) is 0 Å². The van der Waals surface area contributed by atoms with E-state index in [1.54, 1.807) is 0 Å². The van der Waals surface area contributed by atoms with Gasteiger partial charge in [-0.05, 0) is 0 Å². The van der Waals surface area contributed by atoms with Crippen LogP contribution >= 0.6 is 25.4 Å². The van der Waals surface area contributed by atoms with E-state index in [1.165, 1.54) is 28.7 Å². The molecule has 0 bridgehead atoms. The van der Waals surface area contributed by atoms with Crippen molar-refractivity contribution in [1.29, 1.82) is 0 Å².